The zero-order chi connectivity index (χ0) is 13.2. The second-order valence-corrected chi connectivity index (χ2v) is 6.30. The molecule has 19 heavy (non-hydrogen) atoms. The van der Waals surface area contributed by atoms with Crippen LogP contribution in [0.15, 0.2) is 18.2 Å². The van der Waals surface area contributed by atoms with Crippen LogP contribution in [0.5, 0.6) is 0 Å². The van der Waals surface area contributed by atoms with Crippen LogP contribution in [0.25, 0.3) is 0 Å². The summed E-state index contributed by atoms with van der Waals surface area (Å²) in [5.74, 6) is 0.820. The molecule has 2 nitrogen and oxygen atoms in total. The number of benzene rings is 1. The van der Waals surface area contributed by atoms with Crippen LogP contribution < -0.4 is 5.32 Å². The van der Waals surface area contributed by atoms with Crippen molar-refractivity contribution >= 4 is 17.5 Å². The lowest BCUT2D eigenvalue weighted by atomic mass is 9.93. The number of hydrogen-bond acceptors (Lipinski definition) is 1. The Morgan fingerprint density at radius 2 is 2.11 bits per heavy atom. The topological polar surface area (TPSA) is 29.1 Å². The van der Waals surface area contributed by atoms with Gasteiger partial charge >= 0.3 is 0 Å². The Hall–Kier alpha value is -1.02. The fourth-order valence-electron chi connectivity index (χ4n) is 3.30. The number of halogens is 1. The first-order chi connectivity index (χ1) is 9.24. The molecule has 1 aromatic carbocycles. The van der Waals surface area contributed by atoms with Gasteiger partial charge in [0.05, 0.1) is 5.38 Å². The average Bonchev–Trinajstić information content (AvgIpc) is 2.92. The summed E-state index contributed by atoms with van der Waals surface area (Å²) in [6.45, 7) is 0.748. The summed E-state index contributed by atoms with van der Waals surface area (Å²) < 4.78 is 0. The molecular formula is C16H20ClNO. The first kappa shape index (κ1) is 13.0. The number of nitrogens with one attached hydrogen (secondary N) is 1. The molecule has 0 aromatic heterocycles. The summed E-state index contributed by atoms with van der Waals surface area (Å²) in [4.78, 5) is 11.9. The maximum Gasteiger partial charge on any atom is 0.251 e. The van der Waals surface area contributed by atoms with Crippen molar-refractivity contribution in [3.8, 4) is 0 Å². The van der Waals surface area contributed by atoms with Gasteiger partial charge in [-0.3, -0.25) is 4.79 Å². The molecule has 1 amide bonds. The van der Waals surface area contributed by atoms with E-state index in [0.717, 1.165) is 42.0 Å². The zero-order valence-electron chi connectivity index (χ0n) is 11.1. The fourth-order valence-corrected chi connectivity index (χ4v) is 3.69. The summed E-state index contributed by atoms with van der Waals surface area (Å²) in [5, 5.41) is 2.94. The van der Waals surface area contributed by atoms with Crippen LogP contribution in [0.2, 0.25) is 0 Å². The third-order valence-corrected chi connectivity index (χ3v) is 4.87. The molecule has 0 bridgehead atoms. The molecular weight excluding hydrogens is 258 g/mol. The molecule has 102 valence electrons. The van der Waals surface area contributed by atoms with Gasteiger partial charge in [-0.1, -0.05) is 37.8 Å². The number of rotatable bonds is 3. The van der Waals surface area contributed by atoms with Gasteiger partial charge in [0.25, 0.3) is 5.91 Å². The minimum Gasteiger partial charge on any atom is -0.352 e. The maximum atomic E-state index is 11.9. The molecule has 0 saturated heterocycles. The lowest BCUT2D eigenvalue weighted by Gasteiger charge is -2.20. The molecule has 1 aliphatic carbocycles. The highest BCUT2D eigenvalue weighted by atomic mass is 35.5. The van der Waals surface area contributed by atoms with Gasteiger partial charge in [-0.05, 0) is 36.0 Å². The van der Waals surface area contributed by atoms with Crippen LogP contribution in [-0.2, 0) is 6.42 Å². The molecule has 1 atom stereocenters. The smallest absolute Gasteiger partial charge is 0.251 e. The Morgan fingerprint density at radius 1 is 1.32 bits per heavy atom. The molecule has 1 saturated carbocycles. The van der Waals surface area contributed by atoms with E-state index in [1.165, 1.54) is 25.7 Å². The van der Waals surface area contributed by atoms with Gasteiger partial charge < -0.3 is 5.32 Å². The van der Waals surface area contributed by atoms with Gasteiger partial charge in [0, 0.05) is 12.1 Å². The van der Waals surface area contributed by atoms with Gasteiger partial charge in [0.2, 0.25) is 0 Å². The number of carbonyl (C=O) groups is 1. The zero-order valence-corrected chi connectivity index (χ0v) is 11.9. The molecule has 1 aromatic rings. The highest BCUT2D eigenvalue weighted by molar-refractivity contribution is 6.20. The van der Waals surface area contributed by atoms with Crippen molar-refractivity contribution in [3.05, 3.63) is 34.9 Å². The van der Waals surface area contributed by atoms with E-state index in [-0.39, 0.29) is 11.3 Å². The monoisotopic (exact) mass is 277 g/mol. The van der Waals surface area contributed by atoms with Crippen molar-refractivity contribution in [1.29, 1.82) is 0 Å². The van der Waals surface area contributed by atoms with E-state index in [9.17, 15) is 4.79 Å². The minimum absolute atomic E-state index is 0.0446. The quantitative estimate of drug-likeness (QED) is 0.836. The van der Waals surface area contributed by atoms with Crippen molar-refractivity contribution in [1.82, 2.24) is 5.32 Å². The number of carbonyl (C=O) groups excluding carboxylic acids is 1. The van der Waals surface area contributed by atoms with Crippen molar-refractivity contribution < 1.29 is 4.79 Å². The largest absolute Gasteiger partial charge is 0.352 e. The molecule has 1 unspecified atom stereocenters. The van der Waals surface area contributed by atoms with Gasteiger partial charge in [-0.25, -0.2) is 0 Å². The van der Waals surface area contributed by atoms with Crippen LogP contribution in [0.3, 0.4) is 0 Å². The standard InChI is InChI=1S/C16H20ClNO/c17-15(9-11-3-1-2-4-11)13-6-5-12-7-8-18-16(19)14(12)10-13/h5-6,10-11,15H,1-4,7-9H2,(H,18,19). The van der Waals surface area contributed by atoms with Crippen LogP contribution in [0.1, 0.15) is 59.0 Å². The summed E-state index contributed by atoms with van der Waals surface area (Å²) in [6.07, 6.45) is 7.30. The first-order valence-corrected chi connectivity index (χ1v) is 7.73. The highest BCUT2D eigenvalue weighted by Crippen LogP contribution is 2.36. The van der Waals surface area contributed by atoms with Gasteiger partial charge in [-0.15, -0.1) is 11.6 Å². The molecule has 0 radical (unpaired) electrons. The summed E-state index contributed by atoms with van der Waals surface area (Å²) >= 11 is 6.54. The van der Waals surface area contributed by atoms with Crippen molar-refractivity contribution in [2.24, 2.45) is 5.92 Å². The van der Waals surface area contributed by atoms with E-state index >= 15 is 0 Å². The second-order valence-electron chi connectivity index (χ2n) is 5.78. The minimum atomic E-state index is 0.0446. The summed E-state index contributed by atoms with van der Waals surface area (Å²) in [7, 11) is 0. The van der Waals surface area contributed by atoms with Crippen LogP contribution >= 0.6 is 11.6 Å². The molecule has 3 heteroatoms. The van der Waals surface area contributed by atoms with Crippen LogP contribution in [0, 0.1) is 5.92 Å². The van der Waals surface area contributed by atoms with E-state index in [2.05, 4.69) is 17.4 Å². The lowest BCUT2D eigenvalue weighted by Crippen LogP contribution is -2.31. The highest BCUT2D eigenvalue weighted by Gasteiger charge is 2.22. The van der Waals surface area contributed by atoms with E-state index < -0.39 is 0 Å². The van der Waals surface area contributed by atoms with Crippen molar-refractivity contribution in [2.75, 3.05) is 6.54 Å². The van der Waals surface area contributed by atoms with Gasteiger partial charge in [-0.2, -0.15) is 0 Å². The lowest BCUT2D eigenvalue weighted by molar-refractivity contribution is 0.0946. The third kappa shape index (κ3) is 2.79. The Bertz CT molecular complexity index is 480. The summed E-state index contributed by atoms with van der Waals surface area (Å²) in [6, 6.07) is 6.17. The number of alkyl halides is 1. The molecule has 0 spiro atoms. The Labute approximate surface area is 119 Å². The Balaban J connectivity index is 1.76. The molecule has 1 fully saturated rings. The fraction of sp³-hybridized carbons (Fsp3) is 0.562. The SMILES string of the molecule is O=C1NCCc2ccc(C(Cl)CC3CCCC3)cc21. The van der Waals surface area contributed by atoms with Crippen molar-refractivity contribution in [2.45, 2.75) is 43.9 Å². The average molecular weight is 278 g/mol. The molecule has 3 rings (SSSR count). The second kappa shape index (κ2) is 5.54. The summed E-state index contributed by atoms with van der Waals surface area (Å²) in [5.41, 5.74) is 3.07. The van der Waals surface area contributed by atoms with E-state index in [1.54, 1.807) is 0 Å². The maximum absolute atomic E-state index is 11.9. The third-order valence-electron chi connectivity index (χ3n) is 4.44. The molecule has 1 heterocycles. The Kier molecular flexibility index (Phi) is 3.79. The van der Waals surface area contributed by atoms with Crippen LogP contribution in [0.4, 0.5) is 0 Å². The van der Waals surface area contributed by atoms with E-state index in [4.69, 9.17) is 11.6 Å². The number of hydrogen-bond donors (Lipinski definition) is 1. The first-order valence-electron chi connectivity index (χ1n) is 7.29. The van der Waals surface area contributed by atoms with Crippen LogP contribution in [-0.4, -0.2) is 12.5 Å². The van der Waals surface area contributed by atoms with Gasteiger partial charge in [0.1, 0.15) is 0 Å². The molecule has 1 aliphatic heterocycles. The predicted octanol–water partition coefficient (Wildman–Crippen LogP) is 3.83. The number of fused-ring (bicyclic) bond motifs is 1. The molecule has 2 aliphatic rings. The van der Waals surface area contributed by atoms with E-state index in [0.29, 0.717) is 0 Å². The van der Waals surface area contributed by atoms with Crippen molar-refractivity contribution in [3.63, 3.8) is 0 Å². The predicted molar refractivity (Wildman–Crippen MR) is 77.6 cm³/mol. The van der Waals surface area contributed by atoms with E-state index in [1.807, 2.05) is 6.07 Å². The van der Waals surface area contributed by atoms with Gasteiger partial charge in [0.15, 0.2) is 0 Å². The normalized spacial score (nSPS) is 21.0. The molecule has 1 N–H and O–H groups in total. The number of amides is 1. The Morgan fingerprint density at radius 3 is 2.89 bits per heavy atom.